The number of rotatable bonds is 7. The molecule has 6 nitrogen and oxygen atoms in total. The van der Waals surface area contributed by atoms with Crippen LogP contribution in [0.3, 0.4) is 0 Å². The molecule has 32 heavy (non-hydrogen) atoms. The number of carbonyl (C=O) groups is 1. The Morgan fingerprint density at radius 1 is 1.03 bits per heavy atom. The molecule has 0 atom stereocenters. The highest BCUT2D eigenvalue weighted by molar-refractivity contribution is 7.99. The fourth-order valence-corrected chi connectivity index (χ4v) is 3.82. The summed E-state index contributed by atoms with van der Waals surface area (Å²) in [6.45, 7) is 2.04. The maximum Gasteiger partial charge on any atom is 0.250 e. The first kappa shape index (κ1) is 21.8. The number of nitrogens with zero attached hydrogens (tertiary/aromatic N) is 4. The number of hydrogen-bond donors (Lipinski definition) is 1. The Morgan fingerprint density at radius 2 is 1.75 bits per heavy atom. The van der Waals surface area contributed by atoms with Crippen molar-refractivity contribution in [2.24, 2.45) is 5.10 Å². The zero-order valence-corrected chi connectivity index (χ0v) is 18.8. The molecule has 8 heteroatoms. The third-order valence-electron chi connectivity index (χ3n) is 4.56. The van der Waals surface area contributed by atoms with Crippen molar-refractivity contribution in [1.82, 2.24) is 20.2 Å². The van der Waals surface area contributed by atoms with Crippen LogP contribution in [0.5, 0.6) is 0 Å². The van der Waals surface area contributed by atoms with E-state index >= 15 is 0 Å². The summed E-state index contributed by atoms with van der Waals surface area (Å²) in [5, 5.41) is 14.0. The topological polar surface area (TPSA) is 72.2 Å². The molecule has 4 rings (SSSR count). The number of nitrogens with one attached hydrogen (secondary N) is 1. The Hall–Kier alpha value is -3.42. The predicted octanol–water partition coefficient (Wildman–Crippen LogP) is 5.14. The maximum absolute atomic E-state index is 12.3. The van der Waals surface area contributed by atoms with Crippen LogP contribution in [0.4, 0.5) is 0 Å². The van der Waals surface area contributed by atoms with Gasteiger partial charge in [-0.25, -0.2) is 5.43 Å². The van der Waals surface area contributed by atoms with Gasteiger partial charge in [0.05, 0.1) is 12.0 Å². The lowest BCUT2D eigenvalue weighted by Crippen LogP contribution is -2.20. The summed E-state index contributed by atoms with van der Waals surface area (Å²) < 4.78 is 1.96. The van der Waals surface area contributed by atoms with Gasteiger partial charge in [-0.1, -0.05) is 83.5 Å². The second-order valence-corrected chi connectivity index (χ2v) is 8.36. The zero-order valence-electron chi connectivity index (χ0n) is 17.3. The number of hydrazone groups is 1. The molecule has 1 heterocycles. The van der Waals surface area contributed by atoms with Gasteiger partial charge in [0.1, 0.15) is 0 Å². The molecule has 0 radical (unpaired) electrons. The lowest BCUT2D eigenvalue weighted by Gasteiger charge is -2.10. The quantitative estimate of drug-likeness (QED) is 0.235. The minimum atomic E-state index is -0.236. The van der Waals surface area contributed by atoms with E-state index in [0.717, 1.165) is 28.2 Å². The molecule has 1 amide bonds. The molecule has 1 aromatic heterocycles. The first-order valence-electron chi connectivity index (χ1n) is 9.88. The second kappa shape index (κ2) is 10.3. The van der Waals surface area contributed by atoms with Gasteiger partial charge in [-0.05, 0) is 36.8 Å². The van der Waals surface area contributed by atoms with Gasteiger partial charge >= 0.3 is 0 Å². The Kier molecular flexibility index (Phi) is 6.99. The molecule has 0 aliphatic carbocycles. The molecular formula is C24H20ClN5OS. The Labute approximate surface area is 195 Å². The number of benzene rings is 3. The fraction of sp³-hybridized carbons (Fsp3) is 0.0833. The van der Waals surface area contributed by atoms with E-state index in [0.29, 0.717) is 10.2 Å². The average Bonchev–Trinajstić information content (AvgIpc) is 3.24. The van der Waals surface area contributed by atoms with Crippen LogP contribution >= 0.6 is 23.4 Å². The van der Waals surface area contributed by atoms with Crippen molar-refractivity contribution in [3.8, 4) is 17.1 Å². The summed E-state index contributed by atoms with van der Waals surface area (Å²) in [6.07, 6.45) is 1.57. The molecule has 3 aromatic carbocycles. The van der Waals surface area contributed by atoms with E-state index in [1.54, 1.807) is 18.3 Å². The van der Waals surface area contributed by atoms with Gasteiger partial charge < -0.3 is 0 Å². The SMILES string of the molecule is Cc1ccc(-n2c(SCC(=O)N/N=C\c3ccc(Cl)cc3)nnc2-c2ccccc2)cc1. The molecule has 1 N–H and O–H groups in total. The van der Waals surface area contributed by atoms with Gasteiger partial charge in [0.25, 0.3) is 5.91 Å². The van der Waals surface area contributed by atoms with Gasteiger partial charge in [-0.2, -0.15) is 5.10 Å². The number of aromatic nitrogens is 3. The van der Waals surface area contributed by atoms with E-state index in [2.05, 4.69) is 20.7 Å². The minimum Gasteiger partial charge on any atom is -0.272 e. The third-order valence-corrected chi connectivity index (χ3v) is 5.74. The Balaban J connectivity index is 1.49. The fourth-order valence-electron chi connectivity index (χ4n) is 2.95. The van der Waals surface area contributed by atoms with Gasteiger partial charge in [-0.15, -0.1) is 10.2 Å². The highest BCUT2D eigenvalue weighted by Crippen LogP contribution is 2.28. The molecule has 0 aliphatic rings. The molecule has 0 unspecified atom stereocenters. The first-order chi connectivity index (χ1) is 15.6. The van der Waals surface area contributed by atoms with Gasteiger partial charge in [0.2, 0.25) is 0 Å². The van der Waals surface area contributed by atoms with E-state index in [1.807, 2.05) is 78.2 Å². The highest BCUT2D eigenvalue weighted by atomic mass is 35.5. The summed E-state index contributed by atoms with van der Waals surface area (Å²) >= 11 is 7.17. The molecule has 0 aliphatic heterocycles. The van der Waals surface area contributed by atoms with Crippen LogP contribution < -0.4 is 5.43 Å². The van der Waals surface area contributed by atoms with Crippen molar-refractivity contribution in [2.45, 2.75) is 12.1 Å². The van der Waals surface area contributed by atoms with Gasteiger partial charge in [-0.3, -0.25) is 9.36 Å². The van der Waals surface area contributed by atoms with Crippen LogP contribution in [-0.4, -0.2) is 32.6 Å². The summed E-state index contributed by atoms with van der Waals surface area (Å²) in [5.74, 6) is 0.634. The van der Waals surface area contributed by atoms with Crippen molar-refractivity contribution >= 4 is 35.5 Å². The molecule has 4 aromatic rings. The van der Waals surface area contributed by atoms with Crippen LogP contribution in [0.2, 0.25) is 5.02 Å². The number of amides is 1. The second-order valence-electron chi connectivity index (χ2n) is 6.98. The van der Waals surface area contributed by atoms with E-state index < -0.39 is 0 Å². The maximum atomic E-state index is 12.3. The van der Waals surface area contributed by atoms with Crippen LogP contribution in [0, 0.1) is 6.92 Å². The van der Waals surface area contributed by atoms with Crippen LogP contribution in [0.1, 0.15) is 11.1 Å². The van der Waals surface area contributed by atoms with Crippen molar-refractivity contribution < 1.29 is 4.79 Å². The van der Waals surface area contributed by atoms with Crippen LogP contribution in [-0.2, 0) is 4.79 Å². The Bertz CT molecular complexity index is 1220. The summed E-state index contributed by atoms with van der Waals surface area (Å²) in [6, 6.07) is 25.1. The molecular weight excluding hydrogens is 442 g/mol. The largest absolute Gasteiger partial charge is 0.272 e. The third kappa shape index (κ3) is 5.43. The minimum absolute atomic E-state index is 0.150. The summed E-state index contributed by atoms with van der Waals surface area (Å²) in [4.78, 5) is 12.3. The summed E-state index contributed by atoms with van der Waals surface area (Å²) in [5.41, 5.74) is 6.43. The molecule has 0 fully saturated rings. The lowest BCUT2D eigenvalue weighted by atomic mass is 10.2. The van der Waals surface area contributed by atoms with Crippen LogP contribution in [0.25, 0.3) is 17.1 Å². The normalized spacial score (nSPS) is 11.1. The molecule has 0 spiro atoms. The highest BCUT2D eigenvalue weighted by Gasteiger charge is 2.17. The number of carbonyl (C=O) groups excluding carboxylic acids is 1. The summed E-state index contributed by atoms with van der Waals surface area (Å²) in [7, 11) is 0. The number of thioether (sulfide) groups is 1. The van der Waals surface area contributed by atoms with E-state index in [1.165, 1.54) is 11.8 Å². The van der Waals surface area contributed by atoms with Crippen molar-refractivity contribution in [3.05, 3.63) is 95.0 Å². The van der Waals surface area contributed by atoms with Crippen molar-refractivity contribution in [3.63, 3.8) is 0 Å². The van der Waals surface area contributed by atoms with E-state index in [4.69, 9.17) is 11.6 Å². The number of halogens is 1. The molecule has 0 bridgehead atoms. The predicted molar refractivity (Wildman–Crippen MR) is 129 cm³/mol. The first-order valence-corrected chi connectivity index (χ1v) is 11.2. The zero-order chi connectivity index (χ0) is 22.3. The molecule has 0 saturated carbocycles. The van der Waals surface area contributed by atoms with Crippen molar-refractivity contribution in [1.29, 1.82) is 0 Å². The van der Waals surface area contributed by atoms with Crippen molar-refractivity contribution in [2.75, 3.05) is 5.75 Å². The number of hydrogen-bond acceptors (Lipinski definition) is 5. The van der Waals surface area contributed by atoms with Crippen LogP contribution in [0.15, 0.2) is 89.1 Å². The molecule has 0 saturated heterocycles. The van der Waals surface area contributed by atoms with Gasteiger partial charge in [0.15, 0.2) is 11.0 Å². The van der Waals surface area contributed by atoms with E-state index in [9.17, 15) is 4.79 Å². The lowest BCUT2D eigenvalue weighted by molar-refractivity contribution is -0.118. The monoisotopic (exact) mass is 461 g/mol. The number of aryl methyl sites for hydroxylation is 1. The Morgan fingerprint density at radius 3 is 2.47 bits per heavy atom. The van der Waals surface area contributed by atoms with Gasteiger partial charge in [0, 0.05) is 16.3 Å². The smallest absolute Gasteiger partial charge is 0.250 e. The standard InChI is InChI=1S/C24H20ClN5OS/c1-17-7-13-21(14-8-17)30-23(19-5-3-2-4-6-19)28-29-24(30)32-16-22(31)27-26-15-18-9-11-20(25)12-10-18/h2-15H,16H2,1H3,(H,27,31)/b26-15-. The van der Waals surface area contributed by atoms with E-state index in [-0.39, 0.29) is 11.7 Å². The average molecular weight is 462 g/mol. The molecule has 160 valence electrons.